The molecule has 9 heteroatoms. The van der Waals surface area contributed by atoms with E-state index in [9.17, 15) is 0 Å². The molecule has 0 saturated heterocycles. The minimum Gasteiger partial charge on any atom is -0.490 e. The smallest absolute Gasteiger partial charge is 0.192 e. The maximum atomic E-state index is 5.78. The summed E-state index contributed by atoms with van der Waals surface area (Å²) >= 11 is 0. The fourth-order valence-corrected chi connectivity index (χ4v) is 3.04. The minimum absolute atomic E-state index is 0.00394. The molecule has 1 unspecified atom stereocenters. The Morgan fingerprint density at radius 1 is 1.09 bits per heavy atom. The van der Waals surface area contributed by atoms with Crippen LogP contribution in [0.3, 0.4) is 0 Å². The molecule has 9 nitrogen and oxygen atoms in total. The van der Waals surface area contributed by atoms with Gasteiger partial charge in [0.05, 0.1) is 19.3 Å². The van der Waals surface area contributed by atoms with Gasteiger partial charge in [-0.3, -0.25) is 0 Å². The molecule has 0 radical (unpaired) electrons. The van der Waals surface area contributed by atoms with E-state index >= 15 is 0 Å². The number of ether oxygens (including phenoxy) is 3. The summed E-state index contributed by atoms with van der Waals surface area (Å²) in [5.74, 6) is 3.89. The van der Waals surface area contributed by atoms with E-state index in [1.165, 1.54) is 0 Å². The summed E-state index contributed by atoms with van der Waals surface area (Å²) in [6.45, 7) is 13.7. The van der Waals surface area contributed by atoms with Crippen LogP contribution in [0.15, 0.2) is 23.2 Å². The molecule has 2 aromatic rings. The molecule has 32 heavy (non-hydrogen) atoms. The molecule has 1 aromatic carbocycles. The number of nitrogens with one attached hydrogen (secondary N) is 2. The second-order valence-electron chi connectivity index (χ2n) is 7.30. The van der Waals surface area contributed by atoms with Crippen molar-refractivity contribution in [3.05, 3.63) is 35.4 Å². The Morgan fingerprint density at radius 3 is 2.50 bits per heavy atom. The zero-order chi connectivity index (χ0) is 23.3. The molecule has 0 aliphatic heterocycles. The van der Waals surface area contributed by atoms with Crippen molar-refractivity contribution >= 4 is 5.96 Å². The summed E-state index contributed by atoms with van der Waals surface area (Å²) in [6, 6.07) is 6.02. The van der Waals surface area contributed by atoms with Gasteiger partial charge in [-0.15, -0.1) is 10.2 Å². The van der Waals surface area contributed by atoms with Crippen molar-refractivity contribution in [3.8, 4) is 11.5 Å². The van der Waals surface area contributed by atoms with Crippen molar-refractivity contribution in [1.29, 1.82) is 0 Å². The maximum Gasteiger partial charge on any atom is 0.192 e. The first-order chi connectivity index (χ1) is 15.5. The quantitative estimate of drug-likeness (QED) is 0.277. The van der Waals surface area contributed by atoms with Crippen LogP contribution < -0.4 is 20.1 Å². The van der Waals surface area contributed by atoms with Crippen molar-refractivity contribution in [2.75, 3.05) is 33.0 Å². The van der Waals surface area contributed by atoms with Crippen LogP contribution in [-0.4, -0.2) is 53.7 Å². The standard InChI is InChI=1S/C23H38N6O3/c1-7-30-14-10-13-24-23(25-16-22-28-27-18(5)29(22)6)26-17(4)19-11-12-20(31-8-2)21(15-19)32-9-3/h11-12,15,17H,7-10,13-14,16H2,1-6H3,(H2,24,25,26). The first-order valence-electron chi connectivity index (χ1n) is 11.4. The number of guanidine groups is 1. The van der Waals surface area contributed by atoms with Gasteiger partial charge in [-0.2, -0.15) is 0 Å². The summed E-state index contributed by atoms with van der Waals surface area (Å²) in [5.41, 5.74) is 1.08. The van der Waals surface area contributed by atoms with E-state index in [1.807, 2.05) is 57.5 Å². The number of rotatable bonds is 13. The highest BCUT2D eigenvalue weighted by molar-refractivity contribution is 5.80. The Kier molecular flexibility index (Phi) is 10.8. The topological polar surface area (TPSA) is 94.8 Å². The molecule has 0 amide bonds. The van der Waals surface area contributed by atoms with Crippen molar-refractivity contribution in [2.24, 2.45) is 12.0 Å². The van der Waals surface area contributed by atoms with Gasteiger partial charge in [0.1, 0.15) is 12.4 Å². The third-order valence-electron chi connectivity index (χ3n) is 4.94. The van der Waals surface area contributed by atoms with Crippen LogP contribution in [0.4, 0.5) is 0 Å². The highest BCUT2D eigenvalue weighted by Crippen LogP contribution is 2.30. The fraction of sp³-hybridized carbons (Fsp3) is 0.609. The second-order valence-corrected chi connectivity index (χ2v) is 7.30. The highest BCUT2D eigenvalue weighted by atomic mass is 16.5. The molecule has 0 spiro atoms. The van der Waals surface area contributed by atoms with Crippen LogP contribution >= 0.6 is 0 Å². The van der Waals surface area contributed by atoms with Gasteiger partial charge in [0.2, 0.25) is 0 Å². The van der Waals surface area contributed by atoms with Gasteiger partial charge >= 0.3 is 0 Å². The predicted octanol–water partition coefficient (Wildman–Crippen LogP) is 3.14. The van der Waals surface area contributed by atoms with Crippen molar-refractivity contribution < 1.29 is 14.2 Å². The first-order valence-corrected chi connectivity index (χ1v) is 11.4. The molecular weight excluding hydrogens is 408 g/mol. The predicted molar refractivity (Wildman–Crippen MR) is 126 cm³/mol. The summed E-state index contributed by atoms with van der Waals surface area (Å²) in [7, 11) is 1.95. The normalized spacial score (nSPS) is 12.5. The number of aromatic nitrogens is 3. The van der Waals surface area contributed by atoms with Crippen LogP contribution in [0, 0.1) is 6.92 Å². The molecule has 2 N–H and O–H groups in total. The Bertz CT molecular complexity index is 852. The van der Waals surface area contributed by atoms with Gasteiger partial charge in [0.25, 0.3) is 0 Å². The zero-order valence-corrected chi connectivity index (χ0v) is 20.3. The van der Waals surface area contributed by atoms with Gasteiger partial charge in [0.15, 0.2) is 23.3 Å². The summed E-state index contributed by atoms with van der Waals surface area (Å²) in [6.07, 6.45) is 0.892. The minimum atomic E-state index is 0.00394. The monoisotopic (exact) mass is 446 g/mol. The lowest BCUT2D eigenvalue weighted by atomic mass is 10.1. The Labute approximate surface area is 191 Å². The van der Waals surface area contributed by atoms with E-state index in [2.05, 4.69) is 27.8 Å². The van der Waals surface area contributed by atoms with Crippen LogP contribution in [0.1, 0.15) is 57.4 Å². The molecular formula is C23H38N6O3. The largest absolute Gasteiger partial charge is 0.490 e. The summed E-state index contributed by atoms with van der Waals surface area (Å²) < 4.78 is 18.8. The van der Waals surface area contributed by atoms with E-state index in [4.69, 9.17) is 19.2 Å². The van der Waals surface area contributed by atoms with Crippen molar-refractivity contribution in [1.82, 2.24) is 25.4 Å². The van der Waals surface area contributed by atoms with E-state index < -0.39 is 0 Å². The Balaban J connectivity index is 2.12. The number of hydrogen-bond donors (Lipinski definition) is 2. The van der Waals surface area contributed by atoms with Gasteiger partial charge in [-0.25, -0.2) is 4.99 Å². The molecule has 1 aromatic heterocycles. The number of aliphatic imine (C=N–C) groups is 1. The van der Waals surface area contributed by atoms with Gasteiger partial charge in [-0.05, 0) is 58.7 Å². The first kappa shape index (κ1) is 25.5. The number of benzene rings is 1. The van der Waals surface area contributed by atoms with E-state index in [0.717, 1.165) is 48.3 Å². The highest BCUT2D eigenvalue weighted by Gasteiger charge is 2.13. The van der Waals surface area contributed by atoms with Crippen molar-refractivity contribution in [2.45, 2.75) is 53.6 Å². The molecule has 0 saturated carbocycles. The molecule has 178 valence electrons. The zero-order valence-electron chi connectivity index (χ0n) is 20.3. The number of nitrogens with zero attached hydrogens (tertiary/aromatic N) is 4. The lowest BCUT2D eigenvalue weighted by Gasteiger charge is -2.20. The molecule has 0 aliphatic rings. The molecule has 2 rings (SSSR count). The van der Waals surface area contributed by atoms with E-state index in [1.54, 1.807) is 0 Å². The Morgan fingerprint density at radius 2 is 1.84 bits per heavy atom. The number of aryl methyl sites for hydroxylation is 1. The van der Waals surface area contributed by atoms with E-state index in [-0.39, 0.29) is 6.04 Å². The Hall–Kier alpha value is -2.81. The van der Waals surface area contributed by atoms with Crippen molar-refractivity contribution in [3.63, 3.8) is 0 Å². The summed E-state index contributed by atoms with van der Waals surface area (Å²) in [4.78, 5) is 4.73. The van der Waals surface area contributed by atoms with Crippen LogP contribution in [0.2, 0.25) is 0 Å². The molecule has 0 aliphatic carbocycles. The molecule has 1 atom stereocenters. The third kappa shape index (κ3) is 7.71. The van der Waals surface area contributed by atoms with Crippen LogP contribution in [0.25, 0.3) is 0 Å². The fourth-order valence-electron chi connectivity index (χ4n) is 3.04. The van der Waals surface area contributed by atoms with Gasteiger partial charge < -0.3 is 29.4 Å². The maximum absolute atomic E-state index is 5.78. The third-order valence-corrected chi connectivity index (χ3v) is 4.94. The summed E-state index contributed by atoms with van der Waals surface area (Å²) in [5, 5.41) is 15.2. The average molecular weight is 447 g/mol. The second kappa shape index (κ2) is 13.6. The SMILES string of the molecule is CCOCCCNC(=NCc1nnc(C)n1C)NC(C)c1ccc(OCC)c(OCC)c1. The van der Waals surface area contributed by atoms with Gasteiger partial charge in [0, 0.05) is 26.8 Å². The molecule has 0 fully saturated rings. The molecule has 1 heterocycles. The van der Waals surface area contributed by atoms with E-state index in [0.29, 0.717) is 32.3 Å². The molecule has 0 bridgehead atoms. The van der Waals surface area contributed by atoms with Gasteiger partial charge in [-0.1, -0.05) is 6.07 Å². The van der Waals surface area contributed by atoms with Crippen LogP contribution in [0.5, 0.6) is 11.5 Å². The van der Waals surface area contributed by atoms with Crippen LogP contribution in [-0.2, 0) is 18.3 Å². The number of hydrogen-bond acceptors (Lipinski definition) is 6. The average Bonchev–Trinajstić information content (AvgIpc) is 3.10. The lowest BCUT2D eigenvalue weighted by molar-refractivity contribution is 0.145. The lowest BCUT2D eigenvalue weighted by Crippen LogP contribution is -2.39.